The maximum absolute atomic E-state index is 13.4. The van der Waals surface area contributed by atoms with Crippen molar-refractivity contribution in [1.29, 1.82) is 0 Å². The maximum Gasteiger partial charge on any atom is 0.416 e. The number of nitrogens with one attached hydrogen (secondary N) is 2. The van der Waals surface area contributed by atoms with Crippen LogP contribution < -0.4 is 10.7 Å². The number of anilines is 1. The molecule has 0 atom stereocenters. The van der Waals surface area contributed by atoms with Gasteiger partial charge in [0.1, 0.15) is 5.56 Å². The maximum atomic E-state index is 13.4. The van der Waals surface area contributed by atoms with Crippen LogP contribution in [0, 0.1) is 0 Å². The molecule has 1 amide bonds. The first-order chi connectivity index (χ1) is 17.5. The van der Waals surface area contributed by atoms with Crippen molar-refractivity contribution in [3.8, 4) is 0 Å². The van der Waals surface area contributed by atoms with E-state index in [-0.39, 0.29) is 34.6 Å². The van der Waals surface area contributed by atoms with Crippen molar-refractivity contribution in [2.75, 3.05) is 11.9 Å². The Balaban J connectivity index is 1.46. The predicted octanol–water partition coefficient (Wildman–Crippen LogP) is 4.55. The van der Waals surface area contributed by atoms with E-state index >= 15 is 0 Å². The molecule has 1 aliphatic heterocycles. The highest BCUT2D eigenvalue weighted by Crippen LogP contribution is 2.31. The molecule has 0 radical (unpaired) electrons. The first-order valence-electron chi connectivity index (χ1n) is 11.2. The summed E-state index contributed by atoms with van der Waals surface area (Å²) < 4.78 is 67.0. The van der Waals surface area contributed by atoms with Gasteiger partial charge in [-0.2, -0.15) is 17.5 Å². The largest absolute Gasteiger partial charge is 0.416 e. The third kappa shape index (κ3) is 4.75. The van der Waals surface area contributed by atoms with Gasteiger partial charge in [0.15, 0.2) is 0 Å². The van der Waals surface area contributed by atoms with Gasteiger partial charge in [-0.05, 0) is 53.9 Å². The number of halogens is 3. The summed E-state index contributed by atoms with van der Waals surface area (Å²) in [5, 5.41) is 2.26. The Morgan fingerprint density at radius 3 is 2.49 bits per heavy atom. The van der Waals surface area contributed by atoms with Gasteiger partial charge in [-0.25, -0.2) is 8.42 Å². The Hall–Kier alpha value is -3.96. The third-order valence-electron chi connectivity index (χ3n) is 6.28. The van der Waals surface area contributed by atoms with Crippen molar-refractivity contribution in [2.24, 2.45) is 0 Å². The fourth-order valence-electron chi connectivity index (χ4n) is 4.32. The fourth-order valence-corrected chi connectivity index (χ4v) is 5.77. The molecule has 1 aliphatic rings. The molecular weight excluding hydrogens is 507 g/mol. The van der Waals surface area contributed by atoms with Gasteiger partial charge < -0.3 is 10.3 Å². The van der Waals surface area contributed by atoms with E-state index in [1.54, 1.807) is 0 Å². The number of alkyl halides is 3. The molecule has 2 N–H and O–H groups in total. The van der Waals surface area contributed by atoms with Crippen LogP contribution in [0.2, 0.25) is 0 Å². The molecule has 4 aromatic rings. The Morgan fingerprint density at radius 2 is 1.73 bits per heavy atom. The van der Waals surface area contributed by atoms with Gasteiger partial charge in [0.05, 0.1) is 10.5 Å². The number of aromatic nitrogens is 1. The molecule has 11 heteroatoms. The molecule has 5 rings (SSSR count). The van der Waals surface area contributed by atoms with E-state index < -0.39 is 33.1 Å². The number of amides is 1. The zero-order valence-electron chi connectivity index (χ0n) is 19.2. The van der Waals surface area contributed by atoms with E-state index in [1.807, 2.05) is 24.3 Å². The van der Waals surface area contributed by atoms with Crippen LogP contribution in [0.3, 0.4) is 0 Å². The molecule has 0 unspecified atom stereocenters. The molecule has 3 aromatic carbocycles. The molecule has 1 aromatic heterocycles. The molecule has 2 heterocycles. The number of benzene rings is 3. The molecule has 190 valence electrons. The summed E-state index contributed by atoms with van der Waals surface area (Å²) in [7, 11) is -3.94. The van der Waals surface area contributed by atoms with Crippen LogP contribution in [0.15, 0.2) is 82.6 Å². The monoisotopic (exact) mass is 527 g/mol. The SMILES string of the molecule is O=C(Nc1cccc(C(F)(F)F)c1)c1c[nH]c2ccc(S(=O)(=O)N3CCc4ccccc4C3)cc2c1=O. The van der Waals surface area contributed by atoms with Crippen molar-refractivity contribution >= 4 is 32.5 Å². The second-order valence-electron chi connectivity index (χ2n) is 8.63. The highest BCUT2D eigenvalue weighted by Gasteiger charge is 2.31. The Morgan fingerprint density at radius 1 is 0.973 bits per heavy atom. The standard InChI is InChI=1S/C26H20F3N3O4S/c27-26(28,29)18-6-3-7-19(12-18)31-25(34)22-14-30-23-9-8-20(13-21(23)24(22)33)37(35,36)32-11-10-16-4-1-2-5-17(16)15-32/h1-9,12-14H,10-11,15H2,(H,30,33)(H,31,34). The summed E-state index contributed by atoms with van der Waals surface area (Å²) in [4.78, 5) is 28.6. The van der Waals surface area contributed by atoms with E-state index in [1.165, 1.54) is 28.6 Å². The average Bonchev–Trinajstić information content (AvgIpc) is 2.88. The van der Waals surface area contributed by atoms with Gasteiger partial charge in [0, 0.05) is 35.9 Å². The topological polar surface area (TPSA) is 99.3 Å². The molecule has 0 bridgehead atoms. The Labute approximate surface area is 209 Å². The summed E-state index contributed by atoms with van der Waals surface area (Å²) in [6, 6.07) is 15.6. The van der Waals surface area contributed by atoms with Gasteiger partial charge in [0.25, 0.3) is 5.91 Å². The number of carbonyl (C=O) groups excluding carboxylic acids is 1. The zero-order chi connectivity index (χ0) is 26.4. The molecule has 0 saturated carbocycles. The molecule has 7 nitrogen and oxygen atoms in total. The molecule has 0 saturated heterocycles. The third-order valence-corrected chi connectivity index (χ3v) is 8.12. The first kappa shape index (κ1) is 24.7. The number of hydrogen-bond acceptors (Lipinski definition) is 4. The minimum Gasteiger partial charge on any atom is -0.360 e. The van der Waals surface area contributed by atoms with E-state index in [9.17, 15) is 31.2 Å². The normalized spacial score (nSPS) is 14.4. The molecule has 0 spiro atoms. The van der Waals surface area contributed by atoms with E-state index in [4.69, 9.17) is 0 Å². The summed E-state index contributed by atoms with van der Waals surface area (Å²) in [6.45, 7) is 0.486. The first-order valence-corrected chi connectivity index (χ1v) is 12.7. The number of H-pyrrole nitrogens is 1. The number of hydrogen-bond donors (Lipinski definition) is 2. The molecule has 0 aliphatic carbocycles. The van der Waals surface area contributed by atoms with Gasteiger partial charge in [-0.15, -0.1) is 0 Å². The number of aromatic amines is 1. The summed E-state index contributed by atoms with van der Waals surface area (Å²) in [6.07, 6.45) is -2.90. The van der Waals surface area contributed by atoms with Crippen LogP contribution in [0.5, 0.6) is 0 Å². The fraction of sp³-hybridized carbons (Fsp3) is 0.154. The lowest BCUT2D eigenvalue weighted by Crippen LogP contribution is -2.36. The Bertz CT molecular complexity index is 1700. The van der Waals surface area contributed by atoms with Crippen molar-refractivity contribution in [3.63, 3.8) is 0 Å². The summed E-state index contributed by atoms with van der Waals surface area (Å²) in [5.41, 5.74) is 0.0907. The van der Waals surface area contributed by atoms with Crippen LogP contribution in [-0.2, 0) is 29.2 Å². The summed E-state index contributed by atoms with van der Waals surface area (Å²) in [5.74, 6) is -0.927. The van der Waals surface area contributed by atoms with Crippen LogP contribution in [0.4, 0.5) is 18.9 Å². The smallest absolute Gasteiger partial charge is 0.360 e. The minimum atomic E-state index is -4.60. The van der Waals surface area contributed by atoms with E-state index in [2.05, 4.69) is 10.3 Å². The lowest BCUT2D eigenvalue weighted by atomic mass is 10.0. The number of carbonyl (C=O) groups is 1. The number of nitrogens with zero attached hydrogens (tertiary/aromatic N) is 1. The molecular formula is C26H20F3N3O4S. The lowest BCUT2D eigenvalue weighted by Gasteiger charge is -2.28. The zero-order valence-corrected chi connectivity index (χ0v) is 20.0. The van der Waals surface area contributed by atoms with Gasteiger partial charge in [-0.1, -0.05) is 30.3 Å². The van der Waals surface area contributed by atoms with Crippen LogP contribution >= 0.6 is 0 Å². The van der Waals surface area contributed by atoms with Crippen molar-refractivity contribution in [1.82, 2.24) is 9.29 Å². The van der Waals surface area contributed by atoms with Crippen LogP contribution in [0.25, 0.3) is 10.9 Å². The van der Waals surface area contributed by atoms with Gasteiger partial charge in [0.2, 0.25) is 15.5 Å². The Kier molecular flexibility index (Phi) is 6.12. The predicted molar refractivity (Wildman–Crippen MR) is 132 cm³/mol. The summed E-state index contributed by atoms with van der Waals surface area (Å²) >= 11 is 0. The lowest BCUT2D eigenvalue weighted by molar-refractivity contribution is -0.137. The van der Waals surface area contributed by atoms with Crippen molar-refractivity contribution < 1.29 is 26.4 Å². The average molecular weight is 528 g/mol. The number of sulfonamides is 1. The second-order valence-corrected chi connectivity index (χ2v) is 10.6. The minimum absolute atomic E-state index is 0.0322. The van der Waals surface area contributed by atoms with Gasteiger partial charge in [-0.3, -0.25) is 9.59 Å². The number of pyridine rings is 1. The molecule has 0 fully saturated rings. The second kappa shape index (κ2) is 9.16. The molecule has 37 heavy (non-hydrogen) atoms. The van der Waals surface area contributed by atoms with Crippen molar-refractivity contribution in [2.45, 2.75) is 24.0 Å². The van der Waals surface area contributed by atoms with Crippen molar-refractivity contribution in [3.05, 3.63) is 105 Å². The number of rotatable bonds is 4. The highest BCUT2D eigenvalue weighted by molar-refractivity contribution is 7.89. The van der Waals surface area contributed by atoms with Gasteiger partial charge >= 0.3 is 6.18 Å². The highest BCUT2D eigenvalue weighted by atomic mass is 32.2. The van der Waals surface area contributed by atoms with E-state index in [0.717, 1.165) is 35.5 Å². The quantitative estimate of drug-likeness (QED) is 0.407. The number of fused-ring (bicyclic) bond motifs is 2. The van der Waals surface area contributed by atoms with Crippen LogP contribution in [0.1, 0.15) is 27.0 Å². The van der Waals surface area contributed by atoms with E-state index in [0.29, 0.717) is 11.9 Å². The van der Waals surface area contributed by atoms with Crippen LogP contribution in [-0.4, -0.2) is 30.2 Å².